The maximum Gasteiger partial charge on any atom is 0.184 e. The van der Waals surface area contributed by atoms with Crippen molar-refractivity contribution in [2.45, 2.75) is 13.8 Å². The number of nitrogens with zero attached hydrogens (tertiary/aromatic N) is 2. The zero-order chi connectivity index (χ0) is 13.6. The van der Waals surface area contributed by atoms with Crippen molar-refractivity contribution in [3.8, 4) is 5.69 Å². The minimum Gasteiger partial charge on any atom is -0.329 e. The highest BCUT2D eigenvalue weighted by Gasteiger charge is 2.10. The maximum atomic E-state index is 6.32. The molecule has 0 aliphatic rings. The number of hydrogen-bond donors (Lipinski definition) is 1. The molecule has 0 atom stereocenters. The summed E-state index contributed by atoms with van der Waals surface area (Å²) < 4.78 is 2.46. The largest absolute Gasteiger partial charge is 0.329 e. The van der Waals surface area contributed by atoms with Gasteiger partial charge in [0.2, 0.25) is 0 Å². The maximum absolute atomic E-state index is 6.32. The van der Waals surface area contributed by atoms with Crippen LogP contribution < -0.4 is 0 Å². The third kappa shape index (κ3) is 2.07. The molecule has 1 aromatic carbocycles. The molecule has 0 amide bonds. The van der Waals surface area contributed by atoms with Crippen LogP contribution in [0.5, 0.6) is 0 Å². The van der Waals surface area contributed by atoms with Gasteiger partial charge in [0.05, 0.1) is 16.2 Å². The van der Waals surface area contributed by atoms with Crippen LogP contribution in [-0.2, 0) is 0 Å². The lowest BCUT2D eigenvalue weighted by molar-refractivity contribution is 1.04. The summed E-state index contributed by atoms with van der Waals surface area (Å²) in [7, 11) is 0. The van der Waals surface area contributed by atoms with Crippen molar-refractivity contribution in [1.29, 1.82) is 0 Å². The van der Waals surface area contributed by atoms with Crippen molar-refractivity contribution in [1.82, 2.24) is 14.5 Å². The van der Waals surface area contributed by atoms with Gasteiger partial charge in [-0.15, -0.1) is 0 Å². The van der Waals surface area contributed by atoms with E-state index in [-0.39, 0.29) is 0 Å². The average molecular weight is 290 g/mol. The van der Waals surface area contributed by atoms with Gasteiger partial charge in [0.25, 0.3) is 0 Å². The van der Waals surface area contributed by atoms with Gasteiger partial charge in [-0.2, -0.15) is 0 Å². The van der Waals surface area contributed by atoms with Crippen LogP contribution in [0.25, 0.3) is 16.9 Å². The highest BCUT2D eigenvalue weighted by Crippen LogP contribution is 2.25. The fourth-order valence-electron chi connectivity index (χ4n) is 2.12. The van der Waals surface area contributed by atoms with E-state index in [0.717, 1.165) is 28.0 Å². The molecule has 96 valence electrons. The molecule has 0 aliphatic heterocycles. The van der Waals surface area contributed by atoms with E-state index in [4.69, 9.17) is 23.8 Å². The molecule has 0 spiro atoms. The van der Waals surface area contributed by atoms with Gasteiger partial charge in [0, 0.05) is 6.20 Å². The number of benzene rings is 1. The number of halogens is 1. The number of aromatic nitrogens is 3. The number of rotatable bonds is 1. The van der Waals surface area contributed by atoms with Crippen LogP contribution in [0.2, 0.25) is 5.02 Å². The molecule has 3 nitrogen and oxygen atoms in total. The third-order valence-electron chi connectivity index (χ3n) is 3.00. The first-order chi connectivity index (χ1) is 9.06. The molecule has 0 saturated heterocycles. The number of aryl methyl sites for hydroxylation is 2. The monoisotopic (exact) mass is 289 g/mol. The third-order valence-corrected chi connectivity index (χ3v) is 3.59. The van der Waals surface area contributed by atoms with Crippen molar-refractivity contribution in [3.05, 3.63) is 51.4 Å². The molecule has 0 aliphatic carbocycles. The molecule has 2 aromatic heterocycles. The zero-order valence-electron chi connectivity index (χ0n) is 10.6. The highest BCUT2D eigenvalue weighted by molar-refractivity contribution is 7.71. The van der Waals surface area contributed by atoms with Gasteiger partial charge in [-0.3, -0.25) is 4.57 Å². The standard InChI is InChI=1S/C14H12ClN3S/c1-8-3-4-12(10(15)5-8)18-13-11(17-14(18)19)6-9(2)7-16-13/h3-7H,1-2H3,(H,17,19). The quantitative estimate of drug-likeness (QED) is 0.676. The first kappa shape index (κ1) is 12.4. The molecule has 2 heterocycles. The van der Waals surface area contributed by atoms with Gasteiger partial charge >= 0.3 is 0 Å². The van der Waals surface area contributed by atoms with E-state index in [1.807, 2.05) is 48.9 Å². The second kappa shape index (κ2) is 4.47. The number of imidazole rings is 1. The van der Waals surface area contributed by atoms with Crippen LogP contribution >= 0.6 is 23.8 Å². The summed E-state index contributed by atoms with van der Waals surface area (Å²) in [6.07, 6.45) is 1.82. The van der Waals surface area contributed by atoms with Crippen molar-refractivity contribution in [2.75, 3.05) is 0 Å². The lowest BCUT2D eigenvalue weighted by Gasteiger charge is -2.07. The van der Waals surface area contributed by atoms with E-state index >= 15 is 0 Å². The fourth-order valence-corrected chi connectivity index (χ4v) is 2.73. The summed E-state index contributed by atoms with van der Waals surface area (Å²) in [6.45, 7) is 4.01. The number of fused-ring (bicyclic) bond motifs is 1. The molecule has 3 aromatic rings. The highest BCUT2D eigenvalue weighted by atomic mass is 35.5. The number of aromatic amines is 1. The molecule has 0 unspecified atom stereocenters. The number of H-pyrrole nitrogens is 1. The smallest absolute Gasteiger partial charge is 0.184 e. The Hall–Kier alpha value is -1.65. The van der Waals surface area contributed by atoms with Crippen molar-refractivity contribution in [2.24, 2.45) is 0 Å². The summed E-state index contributed by atoms with van der Waals surface area (Å²) in [4.78, 5) is 7.61. The molecule has 5 heteroatoms. The molecular weight excluding hydrogens is 278 g/mol. The molecular formula is C14H12ClN3S. The topological polar surface area (TPSA) is 33.6 Å². The second-order valence-corrected chi connectivity index (χ2v) is 5.40. The Bertz CT molecular complexity index is 832. The van der Waals surface area contributed by atoms with Gasteiger partial charge < -0.3 is 4.98 Å². The first-order valence-corrected chi connectivity index (χ1v) is 6.69. The van der Waals surface area contributed by atoms with Crippen molar-refractivity contribution < 1.29 is 0 Å². The predicted molar refractivity (Wildman–Crippen MR) is 80.7 cm³/mol. The van der Waals surface area contributed by atoms with E-state index in [9.17, 15) is 0 Å². The van der Waals surface area contributed by atoms with Gasteiger partial charge in [0.1, 0.15) is 0 Å². The molecule has 1 N–H and O–H groups in total. The molecule has 0 saturated carbocycles. The van der Waals surface area contributed by atoms with E-state index in [2.05, 4.69) is 9.97 Å². The Labute approximate surface area is 120 Å². The molecule has 0 fully saturated rings. The van der Waals surface area contributed by atoms with Gasteiger partial charge in [0.15, 0.2) is 10.4 Å². The Morgan fingerprint density at radius 1 is 1.21 bits per heavy atom. The fraction of sp³-hybridized carbons (Fsp3) is 0.143. The van der Waals surface area contributed by atoms with E-state index < -0.39 is 0 Å². The molecule has 3 rings (SSSR count). The number of nitrogens with one attached hydrogen (secondary N) is 1. The van der Waals surface area contributed by atoms with Gasteiger partial charge in [-0.05, 0) is 55.4 Å². The van der Waals surface area contributed by atoms with Gasteiger partial charge in [-0.1, -0.05) is 17.7 Å². The van der Waals surface area contributed by atoms with E-state index in [1.165, 1.54) is 0 Å². The lowest BCUT2D eigenvalue weighted by atomic mass is 10.2. The number of hydrogen-bond acceptors (Lipinski definition) is 2. The van der Waals surface area contributed by atoms with Crippen molar-refractivity contribution >= 4 is 35.0 Å². The number of pyridine rings is 1. The van der Waals surface area contributed by atoms with Crippen LogP contribution in [-0.4, -0.2) is 14.5 Å². The minimum atomic E-state index is 0.596. The zero-order valence-corrected chi connectivity index (χ0v) is 12.1. The second-order valence-electron chi connectivity index (χ2n) is 4.60. The first-order valence-electron chi connectivity index (χ1n) is 5.90. The minimum absolute atomic E-state index is 0.596. The van der Waals surface area contributed by atoms with E-state index in [1.54, 1.807) is 0 Å². The van der Waals surface area contributed by atoms with Crippen LogP contribution in [0.1, 0.15) is 11.1 Å². The predicted octanol–water partition coefficient (Wildman–Crippen LogP) is 4.35. The Morgan fingerprint density at radius 2 is 2.00 bits per heavy atom. The summed E-state index contributed by atoms with van der Waals surface area (Å²) >= 11 is 11.7. The molecule has 19 heavy (non-hydrogen) atoms. The summed E-state index contributed by atoms with van der Waals surface area (Å²) in [6, 6.07) is 7.92. The van der Waals surface area contributed by atoms with Crippen LogP contribution in [0.4, 0.5) is 0 Å². The van der Waals surface area contributed by atoms with Crippen LogP contribution in [0, 0.1) is 18.6 Å². The normalized spacial score (nSPS) is 11.1. The Kier molecular flexibility index (Phi) is 2.92. The average Bonchev–Trinajstić information content (AvgIpc) is 2.65. The molecule has 0 radical (unpaired) electrons. The van der Waals surface area contributed by atoms with Gasteiger partial charge in [-0.25, -0.2) is 4.98 Å². The van der Waals surface area contributed by atoms with Crippen molar-refractivity contribution in [3.63, 3.8) is 0 Å². The van der Waals surface area contributed by atoms with E-state index in [0.29, 0.717) is 9.79 Å². The summed E-state index contributed by atoms with van der Waals surface area (Å²) in [5, 5.41) is 0.666. The lowest BCUT2D eigenvalue weighted by Crippen LogP contribution is -1.97. The molecule has 0 bridgehead atoms. The summed E-state index contributed by atoms with van der Waals surface area (Å²) in [5.41, 5.74) is 4.76. The SMILES string of the molecule is Cc1ccc(-n2c(=S)[nH]c3cc(C)cnc32)c(Cl)c1. The summed E-state index contributed by atoms with van der Waals surface area (Å²) in [5.74, 6) is 0. The van der Waals surface area contributed by atoms with Crippen LogP contribution in [0.3, 0.4) is 0 Å². The Balaban J connectivity index is 2.36. The Morgan fingerprint density at radius 3 is 2.74 bits per heavy atom. The van der Waals surface area contributed by atoms with Crippen LogP contribution in [0.15, 0.2) is 30.5 Å².